The molecule has 4 nitrogen and oxygen atoms in total. The van der Waals surface area contributed by atoms with Crippen LogP contribution in [-0.2, 0) is 6.18 Å². The lowest BCUT2D eigenvalue weighted by atomic mass is 10.1. The molecule has 0 fully saturated rings. The Morgan fingerprint density at radius 1 is 1.40 bits per heavy atom. The van der Waals surface area contributed by atoms with Gasteiger partial charge in [0.2, 0.25) is 0 Å². The number of alkyl halides is 3. The summed E-state index contributed by atoms with van der Waals surface area (Å²) < 4.78 is 37.0. The standard InChI is InChI=1S/C8H7F3N2O2/c1-4-2-7(13(14)15)6(12)3-5(4)8(9,10)11/h2-3H,12H2,1H3. The molecule has 1 aromatic rings. The van der Waals surface area contributed by atoms with E-state index in [4.69, 9.17) is 5.73 Å². The van der Waals surface area contributed by atoms with E-state index < -0.39 is 28.0 Å². The van der Waals surface area contributed by atoms with Gasteiger partial charge >= 0.3 is 6.18 Å². The van der Waals surface area contributed by atoms with Crippen LogP contribution >= 0.6 is 0 Å². The first-order chi connectivity index (χ1) is 6.73. The molecule has 2 N–H and O–H groups in total. The van der Waals surface area contributed by atoms with E-state index in [1.165, 1.54) is 0 Å². The van der Waals surface area contributed by atoms with Crippen LogP contribution in [0, 0.1) is 17.0 Å². The van der Waals surface area contributed by atoms with Gasteiger partial charge in [-0.3, -0.25) is 10.1 Å². The fraction of sp³-hybridized carbons (Fsp3) is 0.250. The average molecular weight is 220 g/mol. The minimum Gasteiger partial charge on any atom is -0.393 e. The normalized spacial score (nSPS) is 11.5. The Morgan fingerprint density at radius 2 is 1.93 bits per heavy atom. The number of nitro groups is 1. The Hall–Kier alpha value is -1.79. The summed E-state index contributed by atoms with van der Waals surface area (Å²) in [6.45, 7) is 1.15. The molecular weight excluding hydrogens is 213 g/mol. The lowest BCUT2D eigenvalue weighted by Crippen LogP contribution is -2.09. The highest BCUT2D eigenvalue weighted by Crippen LogP contribution is 2.36. The van der Waals surface area contributed by atoms with Crippen molar-refractivity contribution >= 4 is 11.4 Å². The maximum Gasteiger partial charge on any atom is 0.416 e. The third-order valence-electron chi connectivity index (χ3n) is 1.88. The van der Waals surface area contributed by atoms with Crippen molar-refractivity contribution in [3.05, 3.63) is 33.4 Å². The van der Waals surface area contributed by atoms with E-state index in [2.05, 4.69) is 0 Å². The van der Waals surface area contributed by atoms with Crippen molar-refractivity contribution in [3.63, 3.8) is 0 Å². The summed E-state index contributed by atoms with van der Waals surface area (Å²) >= 11 is 0. The van der Waals surface area contributed by atoms with Gasteiger partial charge in [-0.1, -0.05) is 0 Å². The first kappa shape index (κ1) is 11.3. The molecule has 7 heteroatoms. The van der Waals surface area contributed by atoms with Gasteiger partial charge in [-0.15, -0.1) is 0 Å². The minimum absolute atomic E-state index is 0.219. The third-order valence-corrected chi connectivity index (χ3v) is 1.88. The molecule has 82 valence electrons. The van der Waals surface area contributed by atoms with Gasteiger partial charge in [0.15, 0.2) is 0 Å². The lowest BCUT2D eigenvalue weighted by molar-refractivity contribution is -0.384. The molecule has 0 atom stereocenters. The molecule has 0 aliphatic heterocycles. The van der Waals surface area contributed by atoms with Gasteiger partial charge in [0.1, 0.15) is 5.69 Å². The zero-order chi connectivity index (χ0) is 11.8. The fourth-order valence-corrected chi connectivity index (χ4v) is 1.17. The number of nitrogens with two attached hydrogens (primary N) is 1. The van der Waals surface area contributed by atoms with Crippen molar-refractivity contribution in [2.45, 2.75) is 13.1 Å². The van der Waals surface area contributed by atoms with Crippen LogP contribution in [0.1, 0.15) is 11.1 Å². The third kappa shape index (κ3) is 2.17. The first-order valence-electron chi connectivity index (χ1n) is 3.85. The molecule has 0 aliphatic carbocycles. The van der Waals surface area contributed by atoms with Crippen LogP contribution in [0.4, 0.5) is 24.5 Å². The number of halogens is 3. The Morgan fingerprint density at radius 3 is 2.33 bits per heavy atom. The first-order valence-corrected chi connectivity index (χ1v) is 3.85. The number of hydrogen-bond donors (Lipinski definition) is 1. The Balaban J connectivity index is 3.39. The highest BCUT2D eigenvalue weighted by Gasteiger charge is 2.34. The SMILES string of the molecule is Cc1cc([N+](=O)[O-])c(N)cc1C(F)(F)F. The van der Waals surface area contributed by atoms with Crippen molar-refractivity contribution in [2.24, 2.45) is 0 Å². The highest BCUT2D eigenvalue weighted by molar-refractivity contribution is 5.61. The second kappa shape index (κ2) is 3.41. The van der Waals surface area contributed by atoms with Crippen molar-refractivity contribution < 1.29 is 18.1 Å². The predicted octanol–water partition coefficient (Wildman–Crippen LogP) is 2.50. The largest absolute Gasteiger partial charge is 0.416 e. The number of rotatable bonds is 1. The summed E-state index contributed by atoms with van der Waals surface area (Å²) in [5.74, 6) is 0. The molecule has 0 aliphatic rings. The number of nitrogen functional groups attached to an aromatic ring is 1. The molecule has 1 aromatic carbocycles. The van der Waals surface area contributed by atoms with Gasteiger partial charge in [0.25, 0.3) is 5.69 Å². The van der Waals surface area contributed by atoms with Crippen LogP contribution in [-0.4, -0.2) is 4.92 Å². The molecule has 0 saturated heterocycles. The quantitative estimate of drug-likeness (QED) is 0.449. The summed E-state index contributed by atoms with van der Waals surface area (Å²) in [6, 6.07) is 1.39. The predicted molar refractivity (Wildman–Crippen MR) is 47.2 cm³/mol. The van der Waals surface area contributed by atoms with Gasteiger partial charge < -0.3 is 5.73 Å². The van der Waals surface area contributed by atoms with Crippen molar-refractivity contribution in [2.75, 3.05) is 5.73 Å². The minimum atomic E-state index is -4.55. The Bertz CT molecular complexity index is 415. The topological polar surface area (TPSA) is 69.2 Å². The molecule has 0 bridgehead atoms. The maximum absolute atomic E-state index is 12.3. The van der Waals surface area contributed by atoms with Gasteiger partial charge in [-0.25, -0.2) is 0 Å². The number of nitro benzene ring substituents is 1. The molecule has 1 rings (SSSR count). The van der Waals surface area contributed by atoms with Crippen LogP contribution in [0.5, 0.6) is 0 Å². The Labute approximate surface area is 82.7 Å². The summed E-state index contributed by atoms with van der Waals surface area (Å²) in [4.78, 5) is 9.56. The van der Waals surface area contributed by atoms with Gasteiger partial charge in [0.05, 0.1) is 10.5 Å². The number of aryl methyl sites for hydroxylation is 1. The van der Waals surface area contributed by atoms with Crippen molar-refractivity contribution in [1.29, 1.82) is 0 Å². The molecule has 0 saturated carbocycles. The van der Waals surface area contributed by atoms with Crippen LogP contribution in [0.3, 0.4) is 0 Å². The molecular formula is C8H7F3N2O2. The van der Waals surface area contributed by atoms with Gasteiger partial charge in [-0.05, 0) is 18.6 Å². The van der Waals surface area contributed by atoms with Gasteiger partial charge in [0, 0.05) is 6.07 Å². The van der Waals surface area contributed by atoms with Crippen LogP contribution in [0.15, 0.2) is 12.1 Å². The molecule has 0 amide bonds. The fourth-order valence-electron chi connectivity index (χ4n) is 1.17. The van der Waals surface area contributed by atoms with E-state index >= 15 is 0 Å². The van der Waals surface area contributed by atoms with Crippen LogP contribution in [0.25, 0.3) is 0 Å². The summed E-state index contributed by atoms with van der Waals surface area (Å²) in [5.41, 5.74) is 2.97. The molecule has 0 unspecified atom stereocenters. The van der Waals surface area contributed by atoms with Crippen LogP contribution in [0.2, 0.25) is 0 Å². The second-order valence-corrected chi connectivity index (χ2v) is 2.98. The zero-order valence-corrected chi connectivity index (χ0v) is 7.63. The molecule has 0 aromatic heterocycles. The number of hydrogen-bond acceptors (Lipinski definition) is 3. The monoisotopic (exact) mass is 220 g/mol. The maximum atomic E-state index is 12.3. The van der Waals surface area contributed by atoms with Crippen LogP contribution < -0.4 is 5.73 Å². The summed E-state index contributed by atoms with van der Waals surface area (Å²) in [7, 11) is 0. The number of benzene rings is 1. The smallest absolute Gasteiger partial charge is 0.393 e. The average Bonchev–Trinajstić information content (AvgIpc) is 2.06. The molecule has 0 spiro atoms. The van der Waals surface area contributed by atoms with E-state index in [-0.39, 0.29) is 5.56 Å². The highest BCUT2D eigenvalue weighted by atomic mass is 19.4. The van der Waals surface area contributed by atoms with Crippen molar-refractivity contribution in [1.82, 2.24) is 0 Å². The van der Waals surface area contributed by atoms with E-state index in [9.17, 15) is 23.3 Å². The number of anilines is 1. The van der Waals surface area contributed by atoms with E-state index in [0.717, 1.165) is 13.0 Å². The Kier molecular flexibility index (Phi) is 2.57. The van der Waals surface area contributed by atoms with E-state index in [0.29, 0.717) is 6.07 Å². The lowest BCUT2D eigenvalue weighted by Gasteiger charge is -2.10. The zero-order valence-electron chi connectivity index (χ0n) is 7.63. The van der Waals surface area contributed by atoms with E-state index in [1.807, 2.05) is 0 Å². The molecule has 0 heterocycles. The van der Waals surface area contributed by atoms with Crippen molar-refractivity contribution in [3.8, 4) is 0 Å². The van der Waals surface area contributed by atoms with E-state index in [1.54, 1.807) is 0 Å². The molecule has 0 radical (unpaired) electrons. The summed E-state index contributed by atoms with van der Waals surface area (Å²) in [5, 5.41) is 10.4. The second-order valence-electron chi connectivity index (χ2n) is 2.98. The van der Waals surface area contributed by atoms with Gasteiger partial charge in [-0.2, -0.15) is 13.2 Å². The molecule has 15 heavy (non-hydrogen) atoms. The number of nitrogens with zero attached hydrogens (tertiary/aromatic N) is 1. The summed E-state index contributed by atoms with van der Waals surface area (Å²) in [6.07, 6.45) is -4.55.